The second-order valence-electron chi connectivity index (χ2n) is 6.09. The molecule has 0 radical (unpaired) electrons. The van der Waals surface area contributed by atoms with Crippen LogP contribution in [0.1, 0.15) is 32.0 Å². The van der Waals surface area contributed by atoms with E-state index in [9.17, 15) is 0 Å². The van der Waals surface area contributed by atoms with Gasteiger partial charge in [-0.05, 0) is 39.0 Å². The van der Waals surface area contributed by atoms with E-state index in [-0.39, 0.29) is 5.54 Å². The van der Waals surface area contributed by atoms with E-state index in [1.807, 2.05) is 37.5 Å². The largest absolute Gasteiger partial charge is 0.487 e. The molecule has 2 rings (SSSR count). The Hall–Kier alpha value is -1.52. The summed E-state index contributed by atoms with van der Waals surface area (Å²) in [5.41, 5.74) is 1.90. The van der Waals surface area contributed by atoms with Crippen LogP contribution < -0.4 is 10.1 Å². The van der Waals surface area contributed by atoms with Gasteiger partial charge in [0.2, 0.25) is 0 Å². The van der Waals surface area contributed by atoms with Crippen LogP contribution in [-0.2, 0) is 20.2 Å². The normalized spacial score (nSPS) is 11.7. The van der Waals surface area contributed by atoms with E-state index in [4.69, 9.17) is 16.3 Å². The highest BCUT2D eigenvalue weighted by Crippen LogP contribution is 2.27. The fraction of sp³-hybridized carbons (Fsp3) is 0.438. The van der Waals surface area contributed by atoms with Crippen LogP contribution in [0.3, 0.4) is 0 Å². The fourth-order valence-electron chi connectivity index (χ4n) is 1.89. The van der Waals surface area contributed by atoms with Crippen molar-refractivity contribution in [1.29, 1.82) is 0 Å². The highest BCUT2D eigenvalue weighted by atomic mass is 35.5. The van der Waals surface area contributed by atoms with Crippen molar-refractivity contribution >= 4 is 11.6 Å². The zero-order chi connectivity index (χ0) is 15.5. The third kappa shape index (κ3) is 4.76. The molecule has 0 saturated carbocycles. The molecule has 0 atom stereocenters. The minimum absolute atomic E-state index is 0.0252. The van der Waals surface area contributed by atoms with E-state index in [2.05, 4.69) is 31.2 Å². The monoisotopic (exact) mass is 307 g/mol. The molecule has 0 aliphatic heterocycles. The van der Waals surface area contributed by atoms with Crippen LogP contribution in [0.4, 0.5) is 0 Å². The number of nitrogens with zero attached hydrogens (tertiary/aromatic N) is 2. The predicted octanol–water partition coefficient (Wildman–Crippen LogP) is 3.54. The SMILES string of the molecule is Cn1ccc(COc2cccc(Cl)c2CNC(C)(C)C)n1. The first-order valence-electron chi connectivity index (χ1n) is 6.99. The van der Waals surface area contributed by atoms with Crippen molar-refractivity contribution in [2.75, 3.05) is 0 Å². The third-order valence-corrected chi connectivity index (χ3v) is 3.37. The molecule has 1 aromatic carbocycles. The Bertz CT molecular complexity index is 602. The second kappa shape index (κ2) is 6.50. The Kier molecular flexibility index (Phi) is 4.91. The highest BCUT2D eigenvalue weighted by molar-refractivity contribution is 6.31. The molecule has 0 bridgehead atoms. The second-order valence-corrected chi connectivity index (χ2v) is 6.50. The van der Waals surface area contributed by atoms with E-state index in [1.165, 1.54) is 0 Å². The summed E-state index contributed by atoms with van der Waals surface area (Å²) < 4.78 is 7.64. The van der Waals surface area contributed by atoms with Crippen molar-refractivity contribution in [3.63, 3.8) is 0 Å². The van der Waals surface area contributed by atoms with Gasteiger partial charge in [-0.2, -0.15) is 5.10 Å². The van der Waals surface area contributed by atoms with Gasteiger partial charge in [0.25, 0.3) is 0 Å². The molecule has 5 heteroatoms. The molecule has 0 saturated heterocycles. The van der Waals surface area contributed by atoms with Gasteiger partial charge in [0.15, 0.2) is 0 Å². The van der Waals surface area contributed by atoms with Gasteiger partial charge in [0.1, 0.15) is 12.4 Å². The first-order valence-corrected chi connectivity index (χ1v) is 7.37. The molecule has 0 fully saturated rings. The Balaban J connectivity index is 2.09. The number of aromatic nitrogens is 2. The van der Waals surface area contributed by atoms with Crippen molar-refractivity contribution in [1.82, 2.24) is 15.1 Å². The average Bonchev–Trinajstić information content (AvgIpc) is 2.80. The first-order chi connectivity index (χ1) is 9.85. The molecular formula is C16H22ClN3O. The molecule has 1 N–H and O–H groups in total. The summed E-state index contributed by atoms with van der Waals surface area (Å²) in [6, 6.07) is 7.66. The van der Waals surface area contributed by atoms with Gasteiger partial charge in [-0.25, -0.2) is 0 Å². The molecule has 114 valence electrons. The molecule has 0 amide bonds. The topological polar surface area (TPSA) is 39.1 Å². The first kappa shape index (κ1) is 15.9. The van der Waals surface area contributed by atoms with Gasteiger partial charge in [-0.1, -0.05) is 17.7 Å². The summed E-state index contributed by atoms with van der Waals surface area (Å²) in [6.07, 6.45) is 1.90. The van der Waals surface area contributed by atoms with Gasteiger partial charge in [0, 0.05) is 35.9 Å². The van der Waals surface area contributed by atoms with Crippen molar-refractivity contribution in [2.45, 2.75) is 39.5 Å². The predicted molar refractivity (Wildman–Crippen MR) is 85.6 cm³/mol. The van der Waals surface area contributed by atoms with Crippen LogP contribution in [0.25, 0.3) is 0 Å². The lowest BCUT2D eigenvalue weighted by molar-refractivity contribution is 0.294. The molecule has 0 unspecified atom stereocenters. The Morgan fingerprint density at radius 1 is 1.29 bits per heavy atom. The Morgan fingerprint density at radius 3 is 2.67 bits per heavy atom. The molecule has 0 aliphatic carbocycles. The van der Waals surface area contributed by atoms with Gasteiger partial charge < -0.3 is 10.1 Å². The lowest BCUT2D eigenvalue weighted by atomic mass is 10.1. The van der Waals surface area contributed by atoms with Crippen molar-refractivity contribution in [3.05, 3.63) is 46.7 Å². The van der Waals surface area contributed by atoms with E-state index in [1.54, 1.807) is 4.68 Å². The third-order valence-electron chi connectivity index (χ3n) is 3.02. The van der Waals surface area contributed by atoms with E-state index in [0.29, 0.717) is 18.2 Å². The van der Waals surface area contributed by atoms with Crippen LogP contribution >= 0.6 is 11.6 Å². The summed E-state index contributed by atoms with van der Waals surface area (Å²) >= 11 is 6.30. The molecule has 0 aliphatic rings. The number of aryl methyl sites for hydroxylation is 1. The van der Waals surface area contributed by atoms with Crippen LogP contribution in [0.2, 0.25) is 5.02 Å². The number of hydrogen-bond donors (Lipinski definition) is 1. The zero-order valence-corrected chi connectivity index (χ0v) is 13.7. The van der Waals surface area contributed by atoms with Crippen LogP contribution in [-0.4, -0.2) is 15.3 Å². The highest BCUT2D eigenvalue weighted by Gasteiger charge is 2.13. The number of hydrogen-bond acceptors (Lipinski definition) is 3. The molecule has 21 heavy (non-hydrogen) atoms. The minimum atomic E-state index is 0.0252. The number of halogens is 1. The van der Waals surface area contributed by atoms with Crippen LogP contribution in [0, 0.1) is 0 Å². The number of nitrogens with one attached hydrogen (secondary N) is 1. The number of ether oxygens (including phenoxy) is 1. The Morgan fingerprint density at radius 2 is 2.05 bits per heavy atom. The Labute approximate surface area is 131 Å². The number of rotatable bonds is 5. The van der Waals surface area contributed by atoms with E-state index in [0.717, 1.165) is 17.0 Å². The maximum atomic E-state index is 6.30. The van der Waals surface area contributed by atoms with Crippen LogP contribution in [0.15, 0.2) is 30.5 Å². The minimum Gasteiger partial charge on any atom is -0.487 e. The number of benzene rings is 1. The van der Waals surface area contributed by atoms with Gasteiger partial charge in [-0.15, -0.1) is 0 Å². The molecular weight excluding hydrogens is 286 g/mol. The summed E-state index contributed by atoms with van der Waals surface area (Å²) in [5.74, 6) is 0.796. The quantitative estimate of drug-likeness (QED) is 0.918. The zero-order valence-electron chi connectivity index (χ0n) is 13.0. The van der Waals surface area contributed by atoms with Gasteiger partial charge in [-0.3, -0.25) is 4.68 Å². The lowest BCUT2D eigenvalue weighted by Crippen LogP contribution is -2.35. The molecule has 1 heterocycles. The summed E-state index contributed by atoms with van der Waals surface area (Å²) in [5, 5.41) is 8.46. The lowest BCUT2D eigenvalue weighted by Gasteiger charge is -2.22. The molecule has 0 spiro atoms. The van der Waals surface area contributed by atoms with Crippen molar-refractivity contribution in [2.24, 2.45) is 7.05 Å². The van der Waals surface area contributed by atoms with Crippen molar-refractivity contribution < 1.29 is 4.74 Å². The summed E-state index contributed by atoms with van der Waals surface area (Å²) in [6.45, 7) is 7.47. The van der Waals surface area contributed by atoms with Crippen molar-refractivity contribution in [3.8, 4) is 5.75 Å². The van der Waals surface area contributed by atoms with Crippen LogP contribution in [0.5, 0.6) is 5.75 Å². The van der Waals surface area contributed by atoms with Gasteiger partial charge >= 0.3 is 0 Å². The molecule has 1 aromatic heterocycles. The fourth-order valence-corrected chi connectivity index (χ4v) is 2.12. The van der Waals surface area contributed by atoms with Gasteiger partial charge in [0.05, 0.1) is 5.69 Å². The smallest absolute Gasteiger partial charge is 0.132 e. The molecule has 4 nitrogen and oxygen atoms in total. The molecule has 2 aromatic rings. The average molecular weight is 308 g/mol. The summed E-state index contributed by atoms with van der Waals surface area (Å²) in [7, 11) is 1.89. The van der Waals surface area contributed by atoms with E-state index >= 15 is 0 Å². The maximum absolute atomic E-state index is 6.30. The van der Waals surface area contributed by atoms with E-state index < -0.39 is 0 Å². The summed E-state index contributed by atoms with van der Waals surface area (Å²) in [4.78, 5) is 0. The maximum Gasteiger partial charge on any atom is 0.132 e. The standard InChI is InChI=1S/C16H22ClN3O/c1-16(2,3)18-10-13-14(17)6-5-7-15(13)21-11-12-8-9-20(4)19-12/h5-9,18H,10-11H2,1-4H3.